The first-order chi connectivity index (χ1) is 17.8. The van der Waals surface area contributed by atoms with Gasteiger partial charge < -0.3 is 34.5 Å². The first-order valence-electron chi connectivity index (χ1n) is 12.7. The molecule has 0 saturated carbocycles. The number of nitrogens with two attached hydrogens (primary N) is 1. The SMILES string of the molecule is NCCCC[C@H](OP(=O)([O-])CCCCc1ccccc1)C(=O)N1C[C@@H](Sc2ccccc2)C[C@H]1C(=O)[O-].[Li+].[Li+]. The Labute approximate surface area is 259 Å². The quantitative estimate of drug-likeness (QED) is 0.135. The van der Waals surface area contributed by atoms with E-state index in [1.165, 1.54) is 16.7 Å². The third kappa shape index (κ3) is 12.2. The van der Waals surface area contributed by atoms with E-state index >= 15 is 0 Å². The Balaban J connectivity index is 0.00000380. The Kier molecular flexibility index (Phi) is 17.1. The van der Waals surface area contributed by atoms with Gasteiger partial charge in [0.15, 0.2) is 0 Å². The largest absolute Gasteiger partial charge is 1.00 e. The predicted octanol–water partition coefficient (Wildman–Crippen LogP) is -3.40. The summed E-state index contributed by atoms with van der Waals surface area (Å²) in [6.45, 7) is 0.574. The summed E-state index contributed by atoms with van der Waals surface area (Å²) >= 11 is 1.49. The molecule has 2 N–H and O–H groups in total. The summed E-state index contributed by atoms with van der Waals surface area (Å²) in [6.07, 6.45) is 1.83. The summed E-state index contributed by atoms with van der Waals surface area (Å²) in [6, 6.07) is 18.2. The van der Waals surface area contributed by atoms with Crippen molar-refractivity contribution in [3.63, 3.8) is 0 Å². The minimum atomic E-state index is -4.32. The number of aryl methyl sites for hydroxylation is 1. The van der Waals surface area contributed by atoms with Crippen LogP contribution in [0.15, 0.2) is 65.6 Å². The second-order valence-electron chi connectivity index (χ2n) is 9.27. The fraction of sp³-hybridized carbons (Fsp3) is 0.481. The van der Waals surface area contributed by atoms with Crippen LogP contribution in [0.2, 0.25) is 0 Å². The molecule has 1 amide bonds. The normalized spacial score (nSPS) is 18.9. The van der Waals surface area contributed by atoms with Crippen LogP contribution in [-0.4, -0.2) is 53.4 Å². The maximum atomic E-state index is 13.5. The Hall–Kier alpha value is -0.965. The molecule has 0 aliphatic carbocycles. The van der Waals surface area contributed by atoms with Gasteiger partial charge in [0.25, 0.3) is 5.91 Å². The molecule has 0 spiro atoms. The topological polar surface area (TPSA) is 136 Å². The fourth-order valence-corrected chi connectivity index (χ4v) is 6.96. The number of unbranched alkanes of at least 4 members (excludes halogenated alkanes) is 2. The van der Waals surface area contributed by atoms with E-state index in [0.29, 0.717) is 32.2 Å². The van der Waals surface area contributed by atoms with Crippen molar-refractivity contribution in [3.05, 3.63) is 66.2 Å². The van der Waals surface area contributed by atoms with Gasteiger partial charge in [-0.05, 0) is 69.2 Å². The molecule has 1 fully saturated rings. The second-order valence-corrected chi connectivity index (χ2v) is 12.5. The van der Waals surface area contributed by atoms with Gasteiger partial charge in [-0.25, -0.2) is 0 Å². The Morgan fingerprint density at radius 1 is 1.03 bits per heavy atom. The van der Waals surface area contributed by atoms with Gasteiger partial charge in [0.05, 0.1) is 12.0 Å². The molecule has 1 aliphatic heterocycles. The number of hydrogen-bond donors (Lipinski definition) is 1. The molecule has 12 heteroatoms. The van der Waals surface area contributed by atoms with E-state index in [1.54, 1.807) is 0 Å². The van der Waals surface area contributed by atoms with Gasteiger partial charge in [-0.15, -0.1) is 11.8 Å². The molecule has 1 unspecified atom stereocenters. The number of likely N-dealkylation sites (tertiary alicyclic amines) is 1. The first kappa shape index (κ1) is 36.1. The van der Waals surface area contributed by atoms with Gasteiger partial charge in [0.1, 0.15) is 13.7 Å². The zero-order chi connectivity index (χ0) is 26.7. The molecule has 202 valence electrons. The van der Waals surface area contributed by atoms with Crippen LogP contribution in [0.4, 0.5) is 0 Å². The zero-order valence-corrected chi connectivity index (χ0v) is 24.6. The van der Waals surface area contributed by atoms with E-state index < -0.39 is 31.6 Å². The number of hydrogen-bond acceptors (Lipinski definition) is 8. The van der Waals surface area contributed by atoms with Crippen molar-refractivity contribution < 1.29 is 66.4 Å². The van der Waals surface area contributed by atoms with Crippen LogP contribution in [0.25, 0.3) is 0 Å². The van der Waals surface area contributed by atoms with Crippen LogP contribution in [-0.2, 0) is 25.1 Å². The molecule has 39 heavy (non-hydrogen) atoms. The van der Waals surface area contributed by atoms with E-state index in [4.69, 9.17) is 10.3 Å². The van der Waals surface area contributed by atoms with Crippen LogP contribution in [0.1, 0.15) is 44.1 Å². The van der Waals surface area contributed by atoms with Crippen molar-refractivity contribution in [1.82, 2.24) is 4.90 Å². The van der Waals surface area contributed by atoms with Crippen molar-refractivity contribution in [2.45, 2.75) is 67.2 Å². The molecular formula is C27H35Li2N2O6PS. The summed E-state index contributed by atoms with van der Waals surface area (Å²) in [5.74, 6) is -1.97. The molecule has 8 nitrogen and oxygen atoms in total. The molecule has 1 aliphatic rings. The van der Waals surface area contributed by atoms with Crippen LogP contribution in [0.5, 0.6) is 0 Å². The van der Waals surface area contributed by atoms with E-state index in [9.17, 15) is 24.2 Å². The molecule has 0 radical (unpaired) electrons. The average molecular weight is 561 g/mol. The molecular weight excluding hydrogens is 525 g/mol. The third-order valence-electron chi connectivity index (χ3n) is 6.34. The van der Waals surface area contributed by atoms with Gasteiger partial charge in [-0.1, -0.05) is 48.5 Å². The van der Waals surface area contributed by atoms with Crippen molar-refractivity contribution in [3.8, 4) is 0 Å². The van der Waals surface area contributed by atoms with Crippen molar-refractivity contribution in [2.24, 2.45) is 5.73 Å². The van der Waals surface area contributed by atoms with E-state index in [1.807, 2.05) is 60.7 Å². The summed E-state index contributed by atoms with van der Waals surface area (Å²) in [5.41, 5.74) is 6.71. The first-order valence-corrected chi connectivity index (χ1v) is 15.4. The molecule has 1 saturated heterocycles. The number of amides is 1. The number of thioether (sulfide) groups is 1. The van der Waals surface area contributed by atoms with E-state index in [-0.39, 0.29) is 68.5 Å². The number of carboxylic acids is 1. The molecule has 2 aromatic carbocycles. The Morgan fingerprint density at radius 3 is 2.28 bits per heavy atom. The van der Waals surface area contributed by atoms with E-state index in [2.05, 4.69) is 0 Å². The van der Waals surface area contributed by atoms with Crippen molar-refractivity contribution in [2.75, 3.05) is 19.3 Å². The number of nitrogens with zero attached hydrogens (tertiary/aromatic N) is 1. The summed E-state index contributed by atoms with van der Waals surface area (Å²) < 4.78 is 18.2. The number of rotatable bonds is 15. The van der Waals surface area contributed by atoms with Crippen LogP contribution in [0.3, 0.4) is 0 Å². The Morgan fingerprint density at radius 2 is 1.67 bits per heavy atom. The maximum Gasteiger partial charge on any atom is 1.00 e. The summed E-state index contributed by atoms with van der Waals surface area (Å²) in [5, 5.41) is 11.7. The average Bonchev–Trinajstić information content (AvgIpc) is 3.31. The molecule has 3 rings (SSSR count). The molecule has 1 heterocycles. The molecule has 0 bridgehead atoms. The number of aliphatic carboxylic acids is 1. The van der Waals surface area contributed by atoms with Crippen LogP contribution < -0.4 is 53.5 Å². The summed E-state index contributed by atoms with van der Waals surface area (Å²) in [4.78, 5) is 40.3. The van der Waals surface area contributed by atoms with Crippen LogP contribution >= 0.6 is 19.4 Å². The fourth-order valence-electron chi connectivity index (χ4n) is 4.45. The van der Waals surface area contributed by atoms with Gasteiger partial charge in [0, 0.05) is 22.9 Å². The number of benzene rings is 2. The van der Waals surface area contributed by atoms with Gasteiger partial charge in [0.2, 0.25) is 0 Å². The molecule has 0 aromatic heterocycles. The minimum absolute atomic E-state index is 0. The Bertz CT molecular complexity index is 1050. The monoisotopic (exact) mass is 560 g/mol. The standard InChI is InChI=1S/C27H37N2O6PS.2Li/c28-17-9-7-16-25(35-36(33,34)18-10-8-13-21-11-3-1-4-12-21)26(30)29-20-23(19-24(29)27(31)32)37-22-14-5-2-6-15-22;;/h1-6,11-12,14-15,23-25H,7-10,13,16-20,28H2,(H,31,32)(H,33,34);;/q;2*+1/p-2/t23-,24-,25-;;/m0../s1. The maximum absolute atomic E-state index is 13.5. The van der Waals surface area contributed by atoms with Gasteiger partial charge in [-0.2, -0.15) is 0 Å². The predicted molar refractivity (Wildman–Crippen MR) is 141 cm³/mol. The number of carbonyl (C=O) groups excluding carboxylic acids is 2. The van der Waals surface area contributed by atoms with Gasteiger partial charge >= 0.3 is 37.7 Å². The molecule has 4 atom stereocenters. The van der Waals surface area contributed by atoms with Gasteiger partial charge in [-0.3, -0.25) is 4.79 Å². The molecule has 2 aromatic rings. The van der Waals surface area contributed by atoms with Crippen LogP contribution in [0, 0.1) is 0 Å². The summed E-state index contributed by atoms with van der Waals surface area (Å²) in [7, 11) is -4.32. The van der Waals surface area contributed by atoms with E-state index in [0.717, 1.165) is 16.9 Å². The number of carboxylic acid groups (broad SMARTS) is 1. The second kappa shape index (κ2) is 18.5. The van der Waals surface area contributed by atoms with Crippen molar-refractivity contribution in [1.29, 1.82) is 0 Å². The third-order valence-corrected chi connectivity index (χ3v) is 9.00. The minimum Gasteiger partial charge on any atom is -0.778 e. The number of carbonyl (C=O) groups is 2. The smallest absolute Gasteiger partial charge is 0.778 e. The van der Waals surface area contributed by atoms with Crippen molar-refractivity contribution >= 4 is 31.2 Å². The zero-order valence-electron chi connectivity index (χ0n) is 22.9.